The molecule has 0 bridgehead atoms. The van der Waals surface area contributed by atoms with E-state index in [9.17, 15) is 28.8 Å². The topological polar surface area (TPSA) is 167 Å². The van der Waals surface area contributed by atoms with E-state index < -0.39 is 36.6 Å². The molecule has 4 aromatic carbocycles. The molecule has 0 heterocycles. The molecular formula is C30H18O13. The maximum atomic E-state index is 12.4. The molecule has 0 saturated carbocycles. The summed E-state index contributed by atoms with van der Waals surface area (Å²) in [6.07, 6.45) is -7.77. The molecule has 0 aliphatic carbocycles. The molecule has 4 rings (SSSR count). The van der Waals surface area contributed by atoms with E-state index in [0.29, 0.717) is 11.5 Å². The van der Waals surface area contributed by atoms with Crippen LogP contribution in [0, 0.1) is 0 Å². The van der Waals surface area contributed by atoms with E-state index in [4.69, 9.17) is 9.47 Å². The number of benzene rings is 4. The summed E-state index contributed by atoms with van der Waals surface area (Å²) in [4.78, 5) is 72.0. The van der Waals surface area contributed by atoms with Crippen molar-refractivity contribution in [3.05, 3.63) is 120 Å². The SMILES string of the molecule is O=C(OC(=O)OC(=O)OC(=O)c1ccccc1Oc1ccccc1)OC(=O)OC(=O)c1ccccc1Oc1ccccc1. The number of ether oxygens (including phenoxy) is 7. The van der Waals surface area contributed by atoms with Crippen molar-refractivity contribution in [2.45, 2.75) is 0 Å². The molecule has 0 saturated heterocycles. The second kappa shape index (κ2) is 14.2. The molecule has 0 spiro atoms. The van der Waals surface area contributed by atoms with E-state index in [1.165, 1.54) is 36.4 Å². The smallest absolute Gasteiger partial charge is 0.456 e. The van der Waals surface area contributed by atoms with Crippen LogP contribution in [0.3, 0.4) is 0 Å². The minimum atomic E-state index is -2.02. The van der Waals surface area contributed by atoms with Crippen molar-refractivity contribution in [1.82, 2.24) is 0 Å². The van der Waals surface area contributed by atoms with Crippen LogP contribution >= 0.6 is 0 Å². The van der Waals surface area contributed by atoms with Gasteiger partial charge in [-0.3, -0.25) is 0 Å². The molecule has 0 unspecified atom stereocenters. The second-order valence-electron chi connectivity index (χ2n) is 7.91. The van der Waals surface area contributed by atoms with Gasteiger partial charge in [0, 0.05) is 0 Å². The first-order chi connectivity index (χ1) is 20.8. The van der Waals surface area contributed by atoms with Gasteiger partial charge in [0.1, 0.15) is 34.1 Å². The molecular weight excluding hydrogens is 568 g/mol. The summed E-state index contributed by atoms with van der Waals surface area (Å²) in [5.41, 5.74) is -0.390. The van der Waals surface area contributed by atoms with Crippen molar-refractivity contribution < 1.29 is 61.9 Å². The van der Waals surface area contributed by atoms with Crippen molar-refractivity contribution in [2.75, 3.05) is 0 Å². The van der Waals surface area contributed by atoms with Crippen LogP contribution < -0.4 is 9.47 Å². The molecule has 13 nitrogen and oxygen atoms in total. The first-order valence-corrected chi connectivity index (χ1v) is 12.1. The van der Waals surface area contributed by atoms with Crippen LogP contribution in [0.1, 0.15) is 20.7 Å². The molecule has 0 aromatic heterocycles. The third-order valence-corrected chi connectivity index (χ3v) is 5.01. The zero-order valence-electron chi connectivity index (χ0n) is 21.7. The standard InChI is InChI=1S/C30H18O13/c31-25(21-15-7-9-17-23(21)37-19-11-3-1-4-12-19)39-27(33)41-29(35)43-30(36)42-28(34)40-26(32)22-16-8-10-18-24(22)38-20-13-5-2-6-14-20/h1-18H. The number of rotatable bonds is 6. The molecule has 0 radical (unpaired) electrons. The fourth-order valence-electron chi connectivity index (χ4n) is 3.23. The van der Waals surface area contributed by atoms with Crippen molar-refractivity contribution >= 4 is 36.6 Å². The van der Waals surface area contributed by atoms with Gasteiger partial charge >= 0.3 is 36.6 Å². The normalized spacial score (nSPS) is 9.95. The third-order valence-electron chi connectivity index (χ3n) is 5.01. The Morgan fingerprint density at radius 1 is 0.349 bits per heavy atom. The Bertz CT molecular complexity index is 1530. The Balaban J connectivity index is 1.25. The van der Waals surface area contributed by atoms with Gasteiger partial charge in [0.2, 0.25) is 0 Å². The van der Waals surface area contributed by atoms with Crippen molar-refractivity contribution in [2.24, 2.45) is 0 Å². The summed E-state index contributed by atoms with van der Waals surface area (Å²) in [5, 5.41) is 0. The predicted octanol–water partition coefficient (Wildman–Crippen LogP) is 6.81. The van der Waals surface area contributed by atoms with Crippen molar-refractivity contribution in [1.29, 1.82) is 0 Å². The van der Waals surface area contributed by atoms with Crippen LogP contribution in [0.5, 0.6) is 23.0 Å². The molecule has 4 aromatic rings. The maximum Gasteiger partial charge on any atom is 0.528 e. The highest BCUT2D eigenvalue weighted by molar-refractivity contribution is 6.00. The monoisotopic (exact) mass is 586 g/mol. The Morgan fingerprint density at radius 2 is 0.651 bits per heavy atom. The van der Waals surface area contributed by atoms with Crippen LogP contribution in [-0.4, -0.2) is 36.6 Å². The molecule has 13 heteroatoms. The lowest BCUT2D eigenvalue weighted by atomic mass is 10.2. The zero-order valence-corrected chi connectivity index (χ0v) is 21.7. The first kappa shape index (κ1) is 29.5. The molecule has 0 amide bonds. The Kier molecular flexibility index (Phi) is 9.75. The lowest BCUT2D eigenvalue weighted by Gasteiger charge is -2.10. The van der Waals surface area contributed by atoms with E-state index in [1.807, 2.05) is 0 Å². The van der Waals surface area contributed by atoms with E-state index in [1.54, 1.807) is 72.8 Å². The van der Waals surface area contributed by atoms with E-state index in [-0.39, 0.29) is 22.6 Å². The zero-order chi connectivity index (χ0) is 30.6. The minimum absolute atomic E-state index is 0.0277. The number of hydrogen-bond donors (Lipinski definition) is 0. The Hall–Kier alpha value is -6.50. The van der Waals surface area contributed by atoms with Gasteiger partial charge in [0.05, 0.1) is 0 Å². The summed E-state index contributed by atoms with van der Waals surface area (Å²) in [5.74, 6) is -1.69. The Labute approximate surface area is 242 Å². The number of para-hydroxylation sites is 4. The molecule has 216 valence electrons. The van der Waals surface area contributed by atoms with Crippen LogP contribution in [0.4, 0.5) is 19.2 Å². The number of hydrogen-bond acceptors (Lipinski definition) is 13. The summed E-state index contributed by atoms with van der Waals surface area (Å²) >= 11 is 0. The molecule has 0 aliphatic rings. The van der Waals surface area contributed by atoms with E-state index in [0.717, 1.165) is 0 Å². The summed E-state index contributed by atoms with van der Waals surface area (Å²) < 4.78 is 32.1. The fourth-order valence-corrected chi connectivity index (χ4v) is 3.23. The number of carbonyl (C=O) groups is 6. The predicted molar refractivity (Wildman–Crippen MR) is 142 cm³/mol. The lowest BCUT2D eigenvalue weighted by molar-refractivity contribution is 0.0242. The van der Waals surface area contributed by atoms with E-state index in [2.05, 4.69) is 23.7 Å². The van der Waals surface area contributed by atoms with Crippen molar-refractivity contribution in [3.8, 4) is 23.0 Å². The largest absolute Gasteiger partial charge is 0.528 e. The summed E-state index contributed by atoms with van der Waals surface area (Å²) in [6.45, 7) is 0. The highest BCUT2D eigenvalue weighted by Crippen LogP contribution is 2.27. The van der Waals surface area contributed by atoms with Gasteiger partial charge in [-0.2, -0.15) is 0 Å². The maximum absolute atomic E-state index is 12.4. The third kappa shape index (κ3) is 8.74. The summed E-state index contributed by atoms with van der Waals surface area (Å²) in [6, 6.07) is 28.2. The molecule has 0 fully saturated rings. The minimum Gasteiger partial charge on any atom is -0.456 e. The number of carbonyl (C=O) groups excluding carboxylic acids is 6. The molecule has 0 N–H and O–H groups in total. The molecule has 43 heavy (non-hydrogen) atoms. The van der Waals surface area contributed by atoms with Crippen LogP contribution in [0.15, 0.2) is 109 Å². The quantitative estimate of drug-likeness (QED) is 0.131. The first-order valence-electron chi connectivity index (χ1n) is 12.1. The average molecular weight is 586 g/mol. The molecule has 0 aliphatic heterocycles. The molecule has 0 atom stereocenters. The lowest BCUT2D eigenvalue weighted by Crippen LogP contribution is -2.24. The highest BCUT2D eigenvalue weighted by Gasteiger charge is 2.26. The van der Waals surface area contributed by atoms with Gasteiger partial charge < -0.3 is 33.2 Å². The average Bonchev–Trinajstić information content (AvgIpc) is 2.98. The van der Waals surface area contributed by atoms with Gasteiger partial charge in [0.25, 0.3) is 0 Å². The summed E-state index contributed by atoms with van der Waals surface area (Å²) in [7, 11) is 0. The van der Waals surface area contributed by atoms with Crippen LogP contribution in [0.2, 0.25) is 0 Å². The van der Waals surface area contributed by atoms with Gasteiger partial charge in [-0.05, 0) is 48.5 Å². The highest BCUT2D eigenvalue weighted by atomic mass is 16.9. The Morgan fingerprint density at radius 3 is 1.02 bits per heavy atom. The van der Waals surface area contributed by atoms with Crippen LogP contribution in [0.25, 0.3) is 0 Å². The van der Waals surface area contributed by atoms with Crippen LogP contribution in [-0.2, 0) is 23.7 Å². The van der Waals surface area contributed by atoms with Crippen molar-refractivity contribution in [3.63, 3.8) is 0 Å². The van der Waals surface area contributed by atoms with Gasteiger partial charge in [-0.25, -0.2) is 28.8 Å². The van der Waals surface area contributed by atoms with Gasteiger partial charge in [-0.1, -0.05) is 60.7 Å². The van der Waals surface area contributed by atoms with Gasteiger partial charge in [-0.15, -0.1) is 0 Å². The van der Waals surface area contributed by atoms with E-state index >= 15 is 0 Å². The fraction of sp³-hybridized carbons (Fsp3) is 0. The second-order valence-corrected chi connectivity index (χ2v) is 7.91. The van der Waals surface area contributed by atoms with Gasteiger partial charge in [0.15, 0.2) is 0 Å². The number of esters is 2.